The molecule has 0 saturated heterocycles. The van der Waals surface area contributed by atoms with Gasteiger partial charge in [0.2, 0.25) is 5.91 Å². The number of rotatable bonds is 6. The van der Waals surface area contributed by atoms with Gasteiger partial charge in [-0.3, -0.25) is 9.48 Å². The Morgan fingerprint density at radius 3 is 2.81 bits per heavy atom. The Bertz CT molecular complexity index is 1390. The van der Waals surface area contributed by atoms with E-state index in [2.05, 4.69) is 20.5 Å². The van der Waals surface area contributed by atoms with Crippen molar-refractivity contribution in [3.63, 3.8) is 0 Å². The van der Waals surface area contributed by atoms with Crippen LogP contribution < -0.4 is 5.32 Å². The minimum atomic E-state index is -0.217. The fraction of sp³-hybridized carbons (Fsp3) is 0.130. The first-order chi connectivity index (χ1) is 15.6. The number of nitrogens with zero attached hydrogens (tertiary/aromatic N) is 5. The van der Waals surface area contributed by atoms with Crippen LogP contribution in [0.5, 0.6) is 0 Å². The maximum absolute atomic E-state index is 12.7. The van der Waals surface area contributed by atoms with Crippen molar-refractivity contribution in [2.45, 2.75) is 20.0 Å². The minimum absolute atomic E-state index is 0.0291. The molecule has 0 saturated carbocycles. The Morgan fingerprint density at radius 1 is 1.19 bits per heavy atom. The van der Waals surface area contributed by atoms with Crippen LogP contribution in [0.4, 0.5) is 5.69 Å². The van der Waals surface area contributed by atoms with E-state index >= 15 is 0 Å². The molecule has 0 aliphatic carbocycles. The van der Waals surface area contributed by atoms with Gasteiger partial charge in [0.1, 0.15) is 12.3 Å². The van der Waals surface area contributed by atoms with Crippen molar-refractivity contribution in [3.8, 4) is 11.3 Å². The molecule has 4 aromatic heterocycles. The molecule has 9 heteroatoms. The first-order valence-electron chi connectivity index (χ1n) is 9.99. The maximum Gasteiger partial charge on any atom is 0.246 e. The van der Waals surface area contributed by atoms with Gasteiger partial charge in [0.25, 0.3) is 0 Å². The highest BCUT2D eigenvalue weighted by molar-refractivity contribution is 6.30. The summed E-state index contributed by atoms with van der Waals surface area (Å²) in [4.78, 5) is 17.1. The Hall–Kier alpha value is -3.91. The molecule has 1 amide bonds. The first-order valence-corrected chi connectivity index (χ1v) is 10.4. The highest BCUT2D eigenvalue weighted by Gasteiger charge is 2.17. The number of aromatic nitrogens is 5. The van der Waals surface area contributed by atoms with Crippen LogP contribution in [0.15, 0.2) is 71.7 Å². The number of aryl methyl sites for hydroxylation is 1. The molecular weight excluding hydrogens is 428 g/mol. The Balaban J connectivity index is 1.31. The van der Waals surface area contributed by atoms with Crippen LogP contribution in [-0.4, -0.2) is 30.5 Å². The van der Waals surface area contributed by atoms with E-state index in [1.165, 1.54) is 0 Å². The van der Waals surface area contributed by atoms with Crippen LogP contribution in [0.25, 0.3) is 22.4 Å². The normalized spacial score (nSPS) is 11.2. The van der Waals surface area contributed by atoms with Gasteiger partial charge >= 0.3 is 0 Å². The van der Waals surface area contributed by atoms with Gasteiger partial charge in [0.05, 0.1) is 35.8 Å². The van der Waals surface area contributed by atoms with Crippen LogP contribution in [0.2, 0.25) is 5.02 Å². The second kappa shape index (κ2) is 8.32. The smallest absolute Gasteiger partial charge is 0.246 e. The topological polar surface area (TPSA) is 90.8 Å². The van der Waals surface area contributed by atoms with E-state index in [9.17, 15) is 4.79 Å². The monoisotopic (exact) mass is 446 g/mol. The zero-order valence-corrected chi connectivity index (χ0v) is 18.0. The predicted octanol–water partition coefficient (Wildman–Crippen LogP) is 4.54. The number of carbonyl (C=O) groups is 1. The lowest BCUT2D eigenvalue weighted by Gasteiger charge is -2.05. The van der Waals surface area contributed by atoms with Gasteiger partial charge in [-0.1, -0.05) is 23.7 Å². The number of hydrogen-bond donors (Lipinski definition) is 1. The van der Waals surface area contributed by atoms with Crippen molar-refractivity contribution in [2.75, 3.05) is 5.32 Å². The maximum atomic E-state index is 12.7. The summed E-state index contributed by atoms with van der Waals surface area (Å²) in [6.45, 7) is 2.50. The number of furan rings is 1. The van der Waals surface area contributed by atoms with Crippen molar-refractivity contribution in [2.24, 2.45) is 0 Å². The van der Waals surface area contributed by atoms with Crippen molar-refractivity contribution < 1.29 is 9.21 Å². The highest BCUT2D eigenvalue weighted by Crippen LogP contribution is 2.30. The average Bonchev–Trinajstić information content (AvgIpc) is 3.52. The number of amides is 1. The molecule has 5 rings (SSSR count). The number of anilines is 1. The molecule has 4 heterocycles. The number of hydrogen-bond acceptors (Lipinski definition) is 5. The second-order valence-corrected chi connectivity index (χ2v) is 7.82. The average molecular weight is 447 g/mol. The van der Waals surface area contributed by atoms with E-state index in [1.807, 2.05) is 49.4 Å². The minimum Gasteiger partial charge on any atom is -0.464 e. The van der Waals surface area contributed by atoms with E-state index in [4.69, 9.17) is 16.0 Å². The van der Waals surface area contributed by atoms with Crippen molar-refractivity contribution >= 4 is 34.2 Å². The fourth-order valence-electron chi connectivity index (χ4n) is 3.66. The second-order valence-electron chi connectivity index (χ2n) is 7.38. The molecule has 0 spiro atoms. The quantitative estimate of drug-likeness (QED) is 0.413. The Labute approximate surface area is 188 Å². The van der Waals surface area contributed by atoms with Crippen LogP contribution >= 0.6 is 11.6 Å². The predicted molar refractivity (Wildman–Crippen MR) is 121 cm³/mol. The molecule has 8 nitrogen and oxygen atoms in total. The molecule has 0 aliphatic heterocycles. The third kappa shape index (κ3) is 4.00. The third-order valence-corrected chi connectivity index (χ3v) is 5.31. The summed E-state index contributed by atoms with van der Waals surface area (Å²) in [6, 6.07) is 13.2. The molecule has 0 unspecified atom stereocenters. The van der Waals surface area contributed by atoms with Gasteiger partial charge in [-0.25, -0.2) is 9.67 Å². The number of benzene rings is 1. The van der Waals surface area contributed by atoms with Crippen LogP contribution in [0.3, 0.4) is 0 Å². The summed E-state index contributed by atoms with van der Waals surface area (Å²) in [5.41, 5.74) is 3.98. The summed E-state index contributed by atoms with van der Waals surface area (Å²) in [6.07, 6.45) is 6.72. The van der Waals surface area contributed by atoms with E-state index in [0.717, 1.165) is 28.0 Å². The van der Waals surface area contributed by atoms with Gasteiger partial charge in [-0.15, -0.1) is 0 Å². The fourth-order valence-corrected chi connectivity index (χ4v) is 3.78. The van der Waals surface area contributed by atoms with Crippen LogP contribution in [0.1, 0.15) is 11.3 Å². The molecule has 0 aliphatic rings. The molecule has 160 valence electrons. The lowest BCUT2D eigenvalue weighted by Crippen LogP contribution is -2.19. The first kappa shape index (κ1) is 20.0. The van der Waals surface area contributed by atoms with Gasteiger partial charge in [-0.2, -0.15) is 10.2 Å². The molecule has 1 aromatic carbocycles. The molecule has 0 bridgehead atoms. The number of carbonyl (C=O) groups excluding carboxylic acids is 1. The van der Waals surface area contributed by atoms with Gasteiger partial charge in [0.15, 0.2) is 5.65 Å². The molecular formula is C23H19ClN6O2. The summed E-state index contributed by atoms with van der Waals surface area (Å²) in [5.74, 6) is 0.517. The Morgan fingerprint density at radius 2 is 2.03 bits per heavy atom. The highest BCUT2D eigenvalue weighted by atomic mass is 35.5. The number of pyridine rings is 1. The molecule has 0 radical (unpaired) electrons. The molecule has 0 atom stereocenters. The van der Waals surface area contributed by atoms with Crippen LogP contribution in [0, 0.1) is 6.92 Å². The van der Waals surface area contributed by atoms with E-state index < -0.39 is 0 Å². The zero-order chi connectivity index (χ0) is 22.1. The SMILES string of the molecule is Cc1nn(CC(=O)Nc2cnn(Cc3ccc(Cl)cc3)c2)c2nccc(-c3ccco3)c12. The third-order valence-electron chi connectivity index (χ3n) is 5.06. The molecule has 0 fully saturated rings. The standard InChI is InChI=1S/C23H19ClN6O2/c1-15-22-19(20-3-2-10-32-20)8-9-25-23(22)30(28-15)14-21(31)27-18-11-26-29(13-18)12-16-4-6-17(24)7-5-16/h2-11,13H,12,14H2,1H3,(H,27,31). The molecule has 5 aromatic rings. The Kier molecular flexibility index (Phi) is 5.20. The van der Waals surface area contributed by atoms with Crippen molar-refractivity contribution in [3.05, 3.63) is 83.6 Å². The lowest BCUT2D eigenvalue weighted by molar-refractivity contribution is -0.116. The summed E-state index contributed by atoms with van der Waals surface area (Å²) >= 11 is 5.93. The largest absolute Gasteiger partial charge is 0.464 e. The molecule has 1 N–H and O–H groups in total. The van der Waals surface area contributed by atoms with E-state index in [0.29, 0.717) is 22.9 Å². The van der Waals surface area contributed by atoms with Crippen LogP contribution in [-0.2, 0) is 17.9 Å². The molecule has 32 heavy (non-hydrogen) atoms. The lowest BCUT2D eigenvalue weighted by atomic mass is 10.1. The van der Waals surface area contributed by atoms with Crippen molar-refractivity contribution in [1.29, 1.82) is 0 Å². The van der Waals surface area contributed by atoms with Gasteiger partial charge in [0, 0.05) is 23.0 Å². The van der Waals surface area contributed by atoms with Gasteiger partial charge in [-0.05, 0) is 42.8 Å². The van der Waals surface area contributed by atoms with E-state index in [-0.39, 0.29) is 12.5 Å². The number of nitrogens with one attached hydrogen (secondary N) is 1. The number of halogens is 1. The summed E-state index contributed by atoms with van der Waals surface area (Å²) in [7, 11) is 0. The summed E-state index contributed by atoms with van der Waals surface area (Å²) in [5, 5.41) is 13.3. The van der Waals surface area contributed by atoms with Crippen molar-refractivity contribution in [1.82, 2.24) is 24.5 Å². The summed E-state index contributed by atoms with van der Waals surface area (Å²) < 4.78 is 8.90. The zero-order valence-electron chi connectivity index (χ0n) is 17.2. The van der Waals surface area contributed by atoms with Gasteiger partial charge < -0.3 is 9.73 Å². The van der Waals surface area contributed by atoms with E-state index in [1.54, 1.807) is 34.2 Å². The number of fused-ring (bicyclic) bond motifs is 1.